The number of rotatable bonds is 3. The van der Waals surface area contributed by atoms with Crippen molar-refractivity contribution in [1.82, 2.24) is 0 Å². The molecule has 3 N–H and O–H groups in total. The summed E-state index contributed by atoms with van der Waals surface area (Å²) in [7, 11) is 0. The molecule has 0 fully saturated rings. The lowest BCUT2D eigenvalue weighted by Gasteiger charge is -2.10. The van der Waals surface area contributed by atoms with Gasteiger partial charge in [-0.1, -0.05) is 12.1 Å². The molecule has 0 saturated carbocycles. The zero-order valence-electron chi connectivity index (χ0n) is 11.2. The monoisotopic (exact) mass is 312 g/mol. The van der Waals surface area contributed by atoms with Gasteiger partial charge < -0.3 is 11.1 Å². The van der Waals surface area contributed by atoms with Crippen LogP contribution in [-0.4, -0.2) is 5.91 Å². The molecule has 0 radical (unpaired) electrons. The van der Waals surface area contributed by atoms with Crippen LogP contribution in [0.15, 0.2) is 42.5 Å². The van der Waals surface area contributed by atoms with Gasteiger partial charge in [-0.05, 0) is 35.9 Å². The number of hydrogen-bond donors (Lipinski definition) is 2. The highest BCUT2D eigenvalue weighted by Crippen LogP contribution is 2.32. The lowest BCUT2D eigenvalue weighted by molar-refractivity contribution is -0.140. The molecule has 0 unspecified atom stereocenters. The van der Waals surface area contributed by atoms with Gasteiger partial charge in [-0.3, -0.25) is 4.79 Å². The summed E-state index contributed by atoms with van der Waals surface area (Å²) in [6.45, 7) is 0.334. The minimum Gasteiger partial charge on any atom is -0.326 e. The molecule has 0 aromatic heterocycles. The summed E-state index contributed by atoms with van der Waals surface area (Å²) in [6, 6.07) is 8.62. The summed E-state index contributed by atoms with van der Waals surface area (Å²) in [6.07, 6.45) is -4.86. The van der Waals surface area contributed by atoms with Crippen molar-refractivity contribution in [3.05, 3.63) is 65.0 Å². The molecule has 3 nitrogen and oxygen atoms in total. The van der Waals surface area contributed by atoms with Crippen molar-refractivity contribution >= 4 is 11.6 Å². The van der Waals surface area contributed by atoms with Gasteiger partial charge in [0.1, 0.15) is 5.82 Å². The van der Waals surface area contributed by atoms with E-state index in [4.69, 9.17) is 5.73 Å². The first-order valence-electron chi connectivity index (χ1n) is 6.28. The van der Waals surface area contributed by atoms with Gasteiger partial charge in [0.05, 0.1) is 5.56 Å². The van der Waals surface area contributed by atoms with Crippen LogP contribution in [0.3, 0.4) is 0 Å². The van der Waals surface area contributed by atoms with Crippen LogP contribution in [0.4, 0.5) is 23.2 Å². The second-order valence-electron chi connectivity index (χ2n) is 4.55. The van der Waals surface area contributed by atoms with E-state index < -0.39 is 23.5 Å². The molecule has 116 valence electrons. The van der Waals surface area contributed by atoms with Gasteiger partial charge in [0.15, 0.2) is 0 Å². The van der Waals surface area contributed by atoms with Crippen LogP contribution in [0.1, 0.15) is 21.5 Å². The minimum absolute atomic E-state index is 0.281. The second kappa shape index (κ2) is 6.15. The zero-order chi connectivity index (χ0) is 16.3. The van der Waals surface area contributed by atoms with Crippen LogP contribution < -0.4 is 11.1 Å². The molecule has 1 amide bonds. The predicted molar refractivity (Wildman–Crippen MR) is 73.7 cm³/mol. The number of nitrogens with two attached hydrogens (primary N) is 1. The molecule has 0 aliphatic rings. The maximum Gasteiger partial charge on any atom is 0.419 e. The first-order chi connectivity index (χ1) is 10.3. The fraction of sp³-hybridized carbons (Fsp3) is 0.133. The standard InChI is InChI=1S/C15H12F4N2O/c16-13-6-3-10(7-12(13)15(17,18)19)14(22)21-11-4-1-9(8-20)2-5-11/h1-7H,8,20H2,(H,21,22). The molecule has 22 heavy (non-hydrogen) atoms. The summed E-state index contributed by atoms with van der Waals surface area (Å²) < 4.78 is 51.0. The molecule has 2 aromatic carbocycles. The average molecular weight is 312 g/mol. The van der Waals surface area contributed by atoms with E-state index in [0.717, 1.165) is 11.6 Å². The Morgan fingerprint density at radius 2 is 1.73 bits per heavy atom. The molecule has 2 aromatic rings. The molecule has 0 bridgehead atoms. The van der Waals surface area contributed by atoms with Gasteiger partial charge in [0.2, 0.25) is 0 Å². The predicted octanol–water partition coefficient (Wildman–Crippen LogP) is 3.56. The van der Waals surface area contributed by atoms with Gasteiger partial charge in [0, 0.05) is 17.8 Å². The summed E-state index contributed by atoms with van der Waals surface area (Å²) in [5.41, 5.74) is 4.93. The van der Waals surface area contributed by atoms with E-state index in [1.54, 1.807) is 24.3 Å². The summed E-state index contributed by atoms with van der Waals surface area (Å²) in [5.74, 6) is -2.18. The Bertz CT molecular complexity index is 681. The molecule has 7 heteroatoms. The van der Waals surface area contributed by atoms with Crippen molar-refractivity contribution in [2.24, 2.45) is 5.73 Å². The SMILES string of the molecule is NCc1ccc(NC(=O)c2ccc(F)c(C(F)(F)F)c2)cc1. The fourth-order valence-corrected chi connectivity index (χ4v) is 1.81. The number of carbonyl (C=O) groups is 1. The number of carbonyl (C=O) groups excluding carboxylic acids is 1. The van der Waals surface area contributed by atoms with Crippen LogP contribution in [-0.2, 0) is 12.7 Å². The van der Waals surface area contributed by atoms with Crippen LogP contribution >= 0.6 is 0 Å². The third-order valence-electron chi connectivity index (χ3n) is 2.98. The topological polar surface area (TPSA) is 55.1 Å². The third-order valence-corrected chi connectivity index (χ3v) is 2.98. The number of halogens is 4. The largest absolute Gasteiger partial charge is 0.419 e. The van der Waals surface area contributed by atoms with Gasteiger partial charge in [-0.15, -0.1) is 0 Å². The lowest BCUT2D eigenvalue weighted by atomic mass is 10.1. The maximum absolute atomic E-state index is 13.2. The molecular formula is C15H12F4N2O. The maximum atomic E-state index is 13.2. The summed E-state index contributed by atoms with van der Waals surface area (Å²) in [4.78, 5) is 11.9. The lowest BCUT2D eigenvalue weighted by Crippen LogP contribution is -2.15. The Labute approximate surface area is 123 Å². The van der Waals surface area contributed by atoms with Crippen LogP contribution in [0, 0.1) is 5.82 Å². The van der Waals surface area contributed by atoms with Gasteiger partial charge >= 0.3 is 6.18 Å². The van der Waals surface area contributed by atoms with Crippen molar-refractivity contribution in [2.75, 3.05) is 5.32 Å². The number of amides is 1. The highest BCUT2D eigenvalue weighted by molar-refractivity contribution is 6.04. The van der Waals surface area contributed by atoms with Crippen LogP contribution in [0.25, 0.3) is 0 Å². The van der Waals surface area contributed by atoms with Crippen molar-refractivity contribution in [3.63, 3.8) is 0 Å². The Kier molecular flexibility index (Phi) is 4.46. The van der Waals surface area contributed by atoms with Gasteiger partial charge in [-0.2, -0.15) is 13.2 Å². The molecule has 0 aliphatic carbocycles. The fourth-order valence-electron chi connectivity index (χ4n) is 1.81. The number of anilines is 1. The normalized spacial score (nSPS) is 11.3. The second-order valence-corrected chi connectivity index (χ2v) is 4.55. The summed E-state index contributed by atoms with van der Waals surface area (Å²) >= 11 is 0. The van der Waals surface area contributed by atoms with E-state index in [2.05, 4.69) is 5.32 Å². The van der Waals surface area contributed by atoms with Crippen LogP contribution in [0.5, 0.6) is 0 Å². The van der Waals surface area contributed by atoms with Crippen molar-refractivity contribution < 1.29 is 22.4 Å². The molecule has 0 saturated heterocycles. The van der Waals surface area contributed by atoms with Crippen molar-refractivity contribution in [1.29, 1.82) is 0 Å². The molecular weight excluding hydrogens is 300 g/mol. The first-order valence-corrected chi connectivity index (χ1v) is 6.28. The van der Waals surface area contributed by atoms with Gasteiger partial charge in [-0.25, -0.2) is 4.39 Å². The molecule has 0 atom stereocenters. The zero-order valence-corrected chi connectivity index (χ0v) is 11.2. The van der Waals surface area contributed by atoms with E-state index in [1.165, 1.54) is 0 Å². The van der Waals surface area contributed by atoms with Crippen molar-refractivity contribution in [3.8, 4) is 0 Å². The van der Waals surface area contributed by atoms with Crippen LogP contribution in [0.2, 0.25) is 0 Å². The molecule has 0 spiro atoms. The number of nitrogens with one attached hydrogen (secondary N) is 1. The number of benzene rings is 2. The Hall–Kier alpha value is -2.41. The molecule has 0 aliphatic heterocycles. The Morgan fingerprint density at radius 3 is 2.27 bits per heavy atom. The van der Waals surface area contributed by atoms with E-state index in [1.807, 2.05) is 0 Å². The Morgan fingerprint density at radius 1 is 1.09 bits per heavy atom. The highest BCUT2D eigenvalue weighted by Gasteiger charge is 2.34. The highest BCUT2D eigenvalue weighted by atomic mass is 19.4. The van der Waals surface area contributed by atoms with E-state index in [0.29, 0.717) is 24.4 Å². The Balaban J connectivity index is 2.22. The average Bonchev–Trinajstić information content (AvgIpc) is 2.47. The first kappa shape index (κ1) is 16.0. The third kappa shape index (κ3) is 3.62. The van der Waals surface area contributed by atoms with Crippen molar-refractivity contribution in [2.45, 2.75) is 12.7 Å². The van der Waals surface area contributed by atoms with Gasteiger partial charge in [0.25, 0.3) is 5.91 Å². The smallest absolute Gasteiger partial charge is 0.326 e. The minimum atomic E-state index is -4.86. The summed E-state index contributed by atoms with van der Waals surface area (Å²) in [5, 5.41) is 2.44. The van der Waals surface area contributed by atoms with E-state index in [-0.39, 0.29) is 5.56 Å². The molecule has 0 heterocycles. The van der Waals surface area contributed by atoms with E-state index >= 15 is 0 Å². The molecule has 2 rings (SSSR count). The quantitative estimate of drug-likeness (QED) is 0.852. The van der Waals surface area contributed by atoms with E-state index in [9.17, 15) is 22.4 Å². The number of alkyl halides is 3. The number of hydrogen-bond acceptors (Lipinski definition) is 2.